The molecule has 0 saturated carbocycles. The summed E-state index contributed by atoms with van der Waals surface area (Å²) in [4.78, 5) is 14.9. The van der Waals surface area contributed by atoms with E-state index in [1.54, 1.807) is 23.1 Å². The normalized spacial score (nSPS) is 11.0. The number of carbonyl (C=O) groups excluding carboxylic acids is 1. The Morgan fingerprint density at radius 2 is 2.00 bits per heavy atom. The zero-order valence-corrected chi connectivity index (χ0v) is 14.6. The van der Waals surface area contributed by atoms with Crippen molar-refractivity contribution in [2.45, 2.75) is 37.6 Å². The van der Waals surface area contributed by atoms with Crippen molar-refractivity contribution in [1.82, 2.24) is 4.90 Å². The van der Waals surface area contributed by atoms with Gasteiger partial charge in [0.1, 0.15) is 0 Å². The van der Waals surface area contributed by atoms with Gasteiger partial charge in [0, 0.05) is 22.5 Å². The molecule has 21 heavy (non-hydrogen) atoms. The van der Waals surface area contributed by atoms with E-state index < -0.39 is 0 Å². The molecule has 0 saturated heterocycles. The average molecular weight is 350 g/mol. The molecule has 1 aromatic rings. The highest BCUT2D eigenvalue weighted by molar-refractivity contribution is 8.00. The van der Waals surface area contributed by atoms with E-state index in [-0.39, 0.29) is 24.3 Å². The second kappa shape index (κ2) is 9.57. The molecule has 0 aliphatic heterocycles. The van der Waals surface area contributed by atoms with Crippen molar-refractivity contribution in [2.75, 3.05) is 18.9 Å². The van der Waals surface area contributed by atoms with Crippen LogP contribution >= 0.6 is 35.0 Å². The molecule has 0 spiro atoms. The summed E-state index contributed by atoms with van der Waals surface area (Å²) < 4.78 is 0. The van der Waals surface area contributed by atoms with E-state index in [1.165, 1.54) is 11.8 Å². The van der Waals surface area contributed by atoms with Crippen LogP contribution in [0.15, 0.2) is 23.1 Å². The van der Waals surface area contributed by atoms with E-state index in [4.69, 9.17) is 28.3 Å². The second-order valence-electron chi connectivity index (χ2n) is 4.64. The van der Waals surface area contributed by atoms with Crippen LogP contribution in [0.4, 0.5) is 0 Å². The minimum atomic E-state index is -0.0230. The number of carbonyl (C=O) groups is 1. The van der Waals surface area contributed by atoms with Gasteiger partial charge in [-0.25, -0.2) is 0 Å². The predicted octanol–water partition coefficient (Wildman–Crippen LogP) is 4.10. The Balaban J connectivity index is 2.71. The molecule has 0 aromatic heterocycles. The maximum Gasteiger partial charge on any atom is 0.233 e. The number of nitrogens with zero attached hydrogens (tertiary/aromatic N) is 1. The molecule has 0 atom stereocenters. The molecule has 1 N–H and O–H groups in total. The van der Waals surface area contributed by atoms with Crippen molar-refractivity contribution < 1.29 is 9.90 Å². The maximum absolute atomic E-state index is 12.4. The quantitative estimate of drug-likeness (QED) is 0.718. The number of hydrogen-bond acceptors (Lipinski definition) is 3. The highest BCUT2D eigenvalue weighted by Gasteiger charge is 2.20. The number of aliphatic hydroxyl groups is 1. The molecule has 0 unspecified atom stereocenters. The lowest BCUT2D eigenvalue weighted by atomic mass is 10.1. The Bertz CT molecular complexity index is 467. The first kappa shape index (κ1) is 18.6. The van der Waals surface area contributed by atoms with Crippen molar-refractivity contribution >= 4 is 40.9 Å². The first-order valence-corrected chi connectivity index (χ1v) is 8.75. The lowest BCUT2D eigenvalue weighted by Crippen LogP contribution is -2.42. The second-order valence-corrected chi connectivity index (χ2v) is 6.51. The van der Waals surface area contributed by atoms with Crippen LogP contribution < -0.4 is 0 Å². The molecule has 118 valence electrons. The van der Waals surface area contributed by atoms with Crippen molar-refractivity contribution in [3.8, 4) is 0 Å². The molecule has 0 radical (unpaired) electrons. The van der Waals surface area contributed by atoms with E-state index in [0.717, 1.165) is 17.7 Å². The van der Waals surface area contributed by atoms with Crippen molar-refractivity contribution in [3.63, 3.8) is 0 Å². The van der Waals surface area contributed by atoms with E-state index in [2.05, 4.69) is 0 Å². The lowest BCUT2D eigenvalue weighted by Gasteiger charge is -2.30. The summed E-state index contributed by atoms with van der Waals surface area (Å²) in [6.45, 7) is 4.44. The van der Waals surface area contributed by atoms with Gasteiger partial charge >= 0.3 is 0 Å². The molecular weight excluding hydrogens is 329 g/mol. The number of halogens is 2. The predicted molar refractivity (Wildman–Crippen MR) is 90.4 cm³/mol. The SMILES string of the molecule is CCC(CC)N(CCO)C(=O)CSc1cc(Cl)ccc1Cl. The van der Waals surface area contributed by atoms with Gasteiger partial charge in [-0.15, -0.1) is 11.8 Å². The van der Waals surface area contributed by atoms with E-state index in [0.29, 0.717) is 16.6 Å². The minimum absolute atomic E-state index is 0.0128. The third-order valence-electron chi connectivity index (χ3n) is 3.29. The smallest absolute Gasteiger partial charge is 0.233 e. The highest BCUT2D eigenvalue weighted by atomic mass is 35.5. The Morgan fingerprint density at radius 1 is 1.33 bits per heavy atom. The summed E-state index contributed by atoms with van der Waals surface area (Å²) in [6.07, 6.45) is 1.76. The highest BCUT2D eigenvalue weighted by Crippen LogP contribution is 2.30. The monoisotopic (exact) mass is 349 g/mol. The third-order valence-corrected chi connectivity index (χ3v) is 5.01. The van der Waals surface area contributed by atoms with Crippen LogP contribution in [0.2, 0.25) is 10.0 Å². The topological polar surface area (TPSA) is 40.5 Å². The molecule has 0 fully saturated rings. The first-order chi connectivity index (χ1) is 10.0. The van der Waals surface area contributed by atoms with Gasteiger partial charge in [0.2, 0.25) is 5.91 Å². The Kier molecular flexibility index (Phi) is 8.49. The van der Waals surface area contributed by atoms with Gasteiger partial charge in [-0.3, -0.25) is 4.79 Å². The van der Waals surface area contributed by atoms with Gasteiger partial charge in [0.05, 0.1) is 17.4 Å². The average Bonchev–Trinajstić information content (AvgIpc) is 2.48. The third kappa shape index (κ3) is 5.70. The lowest BCUT2D eigenvalue weighted by molar-refractivity contribution is -0.131. The number of hydrogen-bond donors (Lipinski definition) is 1. The standard InChI is InChI=1S/C15H21Cl2NO2S/c1-3-12(4-2)18(7-8-19)15(20)10-21-14-9-11(16)5-6-13(14)17/h5-6,9,12,19H,3-4,7-8,10H2,1-2H3. The van der Waals surface area contributed by atoms with Crippen LogP contribution in [-0.2, 0) is 4.79 Å². The molecule has 1 rings (SSSR count). The summed E-state index contributed by atoms with van der Waals surface area (Å²) >= 11 is 13.4. The van der Waals surface area contributed by atoms with Crippen LogP contribution in [0.3, 0.4) is 0 Å². The van der Waals surface area contributed by atoms with Crippen molar-refractivity contribution in [2.24, 2.45) is 0 Å². The van der Waals surface area contributed by atoms with Gasteiger partial charge < -0.3 is 10.0 Å². The Labute approximate surface area is 140 Å². The molecule has 0 bridgehead atoms. The Morgan fingerprint density at radius 3 is 2.57 bits per heavy atom. The molecule has 0 aliphatic carbocycles. The van der Waals surface area contributed by atoms with E-state index in [1.807, 2.05) is 13.8 Å². The fourth-order valence-corrected chi connectivity index (χ4v) is 3.54. The molecule has 3 nitrogen and oxygen atoms in total. The summed E-state index contributed by atoms with van der Waals surface area (Å²) in [6, 6.07) is 5.37. The fourth-order valence-electron chi connectivity index (χ4n) is 2.16. The van der Waals surface area contributed by atoms with Gasteiger partial charge in [-0.2, -0.15) is 0 Å². The van der Waals surface area contributed by atoms with E-state index >= 15 is 0 Å². The molecule has 0 heterocycles. The van der Waals surface area contributed by atoms with Gasteiger partial charge in [-0.05, 0) is 31.0 Å². The molecule has 6 heteroatoms. The number of thioether (sulfide) groups is 1. The number of rotatable bonds is 8. The largest absolute Gasteiger partial charge is 0.395 e. The van der Waals surface area contributed by atoms with Crippen LogP contribution in [0.1, 0.15) is 26.7 Å². The summed E-state index contributed by atoms with van der Waals surface area (Å²) in [5, 5.41) is 10.3. The maximum atomic E-state index is 12.4. The molecular formula is C15H21Cl2NO2S. The zero-order chi connectivity index (χ0) is 15.8. The zero-order valence-electron chi connectivity index (χ0n) is 12.3. The first-order valence-electron chi connectivity index (χ1n) is 7.01. The van der Waals surface area contributed by atoms with Crippen LogP contribution in [0.5, 0.6) is 0 Å². The van der Waals surface area contributed by atoms with Crippen LogP contribution in [0, 0.1) is 0 Å². The van der Waals surface area contributed by atoms with Crippen LogP contribution in [-0.4, -0.2) is 40.9 Å². The summed E-state index contributed by atoms with van der Waals surface area (Å²) in [5.41, 5.74) is 0. The fraction of sp³-hybridized carbons (Fsp3) is 0.533. The van der Waals surface area contributed by atoms with E-state index in [9.17, 15) is 4.79 Å². The van der Waals surface area contributed by atoms with Gasteiger partial charge in [0.25, 0.3) is 0 Å². The minimum Gasteiger partial charge on any atom is -0.395 e. The van der Waals surface area contributed by atoms with Gasteiger partial charge in [-0.1, -0.05) is 37.0 Å². The van der Waals surface area contributed by atoms with Crippen molar-refractivity contribution in [3.05, 3.63) is 28.2 Å². The van der Waals surface area contributed by atoms with Crippen molar-refractivity contribution in [1.29, 1.82) is 0 Å². The number of amides is 1. The number of aliphatic hydroxyl groups excluding tert-OH is 1. The molecule has 1 aromatic carbocycles. The Hall–Kier alpha value is -0.420. The molecule has 1 amide bonds. The molecule has 0 aliphatic rings. The van der Waals surface area contributed by atoms with Gasteiger partial charge in [0.15, 0.2) is 0 Å². The van der Waals surface area contributed by atoms with Crippen LogP contribution in [0.25, 0.3) is 0 Å². The summed E-state index contributed by atoms with van der Waals surface area (Å²) in [5.74, 6) is 0.301. The summed E-state index contributed by atoms with van der Waals surface area (Å²) in [7, 11) is 0. The number of benzene rings is 1.